The van der Waals surface area contributed by atoms with E-state index in [0.717, 1.165) is 40.4 Å². The van der Waals surface area contributed by atoms with Crippen LogP contribution in [0, 0.1) is 0 Å². The lowest BCUT2D eigenvalue weighted by molar-refractivity contribution is 0.301. The first-order valence-electron chi connectivity index (χ1n) is 8.58. The number of nitrogens with zero attached hydrogens (tertiary/aromatic N) is 2. The number of fused-ring (bicyclic) bond motifs is 1. The third-order valence-electron chi connectivity index (χ3n) is 4.06. The molecule has 0 aliphatic carbocycles. The molecule has 2 heterocycles. The Bertz CT molecular complexity index is 935. The van der Waals surface area contributed by atoms with E-state index in [1.807, 2.05) is 36.6 Å². The standard InChI is InChI=1S/C19H21ClN2O2S2/c1-3-15-12-16-17(26-15)21-19(25-2)22(18(16)23)10-4-5-11-24-14-8-6-13(20)7-9-14/h6-9,12H,3-5,10-11H2,1-2H3. The van der Waals surface area contributed by atoms with Gasteiger partial charge in [0.25, 0.3) is 5.56 Å². The molecule has 7 heteroatoms. The molecule has 3 rings (SSSR count). The van der Waals surface area contributed by atoms with Gasteiger partial charge in [-0.15, -0.1) is 11.3 Å². The molecule has 0 spiro atoms. The molecule has 0 amide bonds. The molecule has 0 fully saturated rings. The van der Waals surface area contributed by atoms with Gasteiger partial charge >= 0.3 is 0 Å². The number of rotatable bonds is 8. The molecule has 26 heavy (non-hydrogen) atoms. The molecule has 0 unspecified atom stereocenters. The highest BCUT2D eigenvalue weighted by atomic mass is 35.5. The maximum atomic E-state index is 12.8. The second kappa shape index (κ2) is 8.93. The summed E-state index contributed by atoms with van der Waals surface area (Å²) in [5.41, 5.74) is 0.0638. The quantitative estimate of drug-likeness (QED) is 0.290. The Morgan fingerprint density at radius 3 is 2.73 bits per heavy atom. The predicted molar refractivity (Wildman–Crippen MR) is 111 cm³/mol. The Hall–Kier alpha value is -1.50. The number of aryl methyl sites for hydroxylation is 1. The second-order valence-corrected chi connectivity index (χ2v) is 8.17. The van der Waals surface area contributed by atoms with Gasteiger partial charge in [0.2, 0.25) is 0 Å². The van der Waals surface area contributed by atoms with Crippen molar-refractivity contribution < 1.29 is 4.74 Å². The van der Waals surface area contributed by atoms with Crippen LogP contribution in [-0.4, -0.2) is 22.4 Å². The first-order chi connectivity index (χ1) is 12.6. The van der Waals surface area contributed by atoms with Crippen molar-refractivity contribution in [3.05, 3.63) is 50.6 Å². The average molecular weight is 409 g/mol. The van der Waals surface area contributed by atoms with Crippen LogP contribution >= 0.6 is 34.7 Å². The van der Waals surface area contributed by atoms with Gasteiger partial charge in [0, 0.05) is 16.4 Å². The molecule has 0 N–H and O–H groups in total. The molecule has 0 bridgehead atoms. The van der Waals surface area contributed by atoms with Crippen LogP contribution in [0.1, 0.15) is 24.6 Å². The fraction of sp³-hybridized carbons (Fsp3) is 0.368. The van der Waals surface area contributed by atoms with E-state index in [4.69, 9.17) is 16.3 Å². The Kier molecular flexibility index (Phi) is 6.62. The number of hydrogen-bond donors (Lipinski definition) is 0. The van der Waals surface area contributed by atoms with Gasteiger partial charge in [-0.25, -0.2) is 4.98 Å². The zero-order chi connectivity index (χ0) is 18.5. The van der Waals surface area contributed by atoms with Crippen LogP contribution in [0.2, 0.25) is 5.02 Å². The number of unbranched alkanes of at least 4 members (excludes halogenated alkanes) is 1. The molecule has 0 atom stereocenters. The van der Waals surface area contributed by atoms with Crippen LogP contribution in [0.4, 0.5) is 0 Å². The highest BCUT2D eigenvalue weighted by Crippen LogP contribution is 2.24. The molecule has 0 aliphatic heterocycles. The zero-order valence-electron chi connectivity index (χ0n) is 14.8. The minimum absolute atomic E-state index is 0.0638. The van der Waals surface area contributed by atoms with Crippen LogP contribution in [0.3, 0.4) is 0 Å². The molecule has 3 aromatic rings. The molecule has 4 nitrogen and oxygen atoms in total. The summed E-state index contributed by atoms with van der Waals surface area (Å²) in [6, 6.07) is 9.33. The normalized spacial score (nSPS) is 11.2. The van der Waals surface area contributed by atoms with Crippen molar-refractivity contribution in [1.29, 1.82) is 0 Å². The first kappa shape index (κ1) is 19.3. The summed E-state index contributed by atoms with van der Waals surface area (Å²) in [5, 5.41) is 2.22. The molecule has 1 aromatic carbocycles. The summed E-state index contributed by atoms with van der Waals surface area (Å²) in [4.78, 5) is 19.6. The van der Waals surface area contributed by atoms with E-state index in [1.165, 1.54) is 16.6 Å². The van der Waals surface area contributed by atoms with E-state index in [0.29, 0.717) is 18.2 Å². The van der Waals surface area contributed by atoms with Crippen molar-refractivity contribution in [2.45, 2.75) is 37.9 Å². The number of halogens is 1. The van der Waals surface area contributed by atoms with Crippen molar-refractivity contribution in [1.82, 2.24) is 9.55 Å². The number of aromatic nitrogens is 2. The first-order valence-corrected chi connectivity index (χ1v) is 11.0. The number of benzene rings is 1. The van der Waals surface area contributed by atoms with Crippen LogP contribution < -0.4 is 10.3 Å². The van der Waals surface area contributed by atoms with Crippen LogP contribution in [0.25, 0.3) is 10.2 Å². The summed E-state index contributed by atoms with van der Waals surface area (Å²) in [7, 11) is 0. The molecule has 0 saturated carbocycles. The minimum atomic E-state index is 0.0638. The maximum absolute atomic E-state index is 12.8. The summed E-state index contributed by atoms with van der Waals surface area (Å²) in [6.45, 7) is 3.36. The van der Waals surface area contributed by atoms with Gasteiger partial charge in [-0.3, -0.25) is 9.36 Å². The highest BCUT2D eigenvalue weighted by Gasteiger charge is 2.13. The Morgan fingerprint density at radius 2 is 2.04 bits per heavy atom. The third kappa shape index (κ3) is 4.42. The molecular formula is C19H21ClN2O2S2. The fourth-order valence-corrected chi connectivity index (χ4v) is 4.39. The number of thiophene rings is 1. The monoisotopic (exact) mass is 408 g/mol. The van der Waals surface area contributed by atoms with Crippen molar-refractivity contribution in [2.75, 3.05) is 12.9 Å². The smallest absolute Gasteiger partial charge is 0.262 e. The Balaban J connectivity index is 1.63. The predicted octanol–water partition coefficient (Wildman–Crippen LogP) is 5.25. The van der Waals surface area contributed by atoms with Crippen molar-refractivity contribution in [2.24, 2.45) is 0 Å². The summed E-state index contributed by atoms with van der Waals surface area (Å²) in [5.74, 6) is 0.810. The van der Waals surface area contributed by atoms with Crippen molar-refractivity contribution >= 4 is 44.9 Å². The lowest BCUT2D eigenvalue weighted by Crippen LogP contribution is -2.23. The minimum Gasteiger partial charge on any atom is -0.494 e. The molecule has 0 aliphatic rings. The highest BCUT2D eigenvalue weighted by molar-refractivity contribution is 7.98. The van der Waals surface area contributed by atoms with E-state index in [1.54, 1.807) is 15.9 Å². The third-order valence-corrected chi connectivity index (χ3v) is 6.16. The van der Waals surface area contributed by atoms with Crippen LogP contribution in [0.5, 0.6) is 5.75 Å². The topological polar surface area (TPSA) is 44.1 Å². The lowest BCUT2D eigenvalue weighted by Gasteiger charge is -2.11. The van der Waals surface area contributed by atoms with Crippen LogP contribution in [0.15, 0.2) is 40.3 Å². The van der Waals surface area contributed by atoms with Crippen molar-refractivity contribution in [3.8, 4) is 5.75 Å². The average Bonchev–Trinajstić information content (AvgIpc) is 3.08. The summed E-state index contributed by atoms with van der Waals surface area (Å²) in [6.07, 6.45) is 4.61. The Morgan fingerprint density at radius 1 is 1.27 bits per heavy atom. The van der Waals surface area contributed by atoms with E-state index >= 15 is 0 Å². The molecule has 0 saturated heterocycles. The summed E-state index contributed by atoms with van der Waals surface area (Å²) >= 11 is 8.99. The summed E-state index contributed by atoms with van der Waals surface area (Å²) < 4.78 is 7.50. The molecular weight excluding hydrogens is 388 g/mol. The van der Waals surface area contributed by atoms with E-state index < -0.39 is 0 Å². The SMILES string of the molecule is CCc1cc2c(=O)n(CCCCOc3ccc(Cl)cc3)c(SC)nc2s1. The van der Waals surface area contributed by atoms with E-state index in [2.05, 4.69) is 11.9 Å². The maximum Gasteiger partial charge on any atom is 0.262 e. The van der Waals surface area contributed by atoms with Crippen LogP contribution in [-0.2, 0) is 13.0 Å². The van der Waals surface area contributed by atoms with Gasteiger partial charge in [0.05, 0.1) is 12.0 Å². The largest absolute Gasteiger partial charge is 0.494 e. The Labute approximate surface area is 166 Å². The van der Waals surface area contributed by atoms with Gasteiger partial charge in [-0.2, -0.15) is 0 Å². The van der Waals surface area contributed by atoms with Gasteiger partial charge in [0.1, 0.15) is 10.6 Å². The molecule has 0 radical (unpaired) electrons. The van der Waals surface area contributed by atoms with E-state index in [9.17, 15) is 4.79 Å². The van der Waals surface area contributed by atoms with Crippen molar-refractivity contribution in [3.63, 3.8) is 0 Å². The van der Waals surface area contributed by atoms with Gasteiger partial charge in [-0.05, 0) is 55.9 Å². The van der Waals surface area contributed by atoms with Gasteiger partial charge < -0.3 is 4.74 Å². The number of thioether (sulfide) groups is 1. The molecule has 138 valence electrons. The van der Waals surface area contributed by atoms with Gasteiger partial charge in [-0.1, -0.05) is 30.3 Å². The zero-order valence-corrected chi connectivity index (χ0v) is 17.2. The van der Waals surface area contributed by atoms with Gasteiger partial charge in [0.15, 0.2) is 5.16 Å². The van der Waals surface area contributed by atoms with E-state index in [-0.39, 0.29) is 5.56 Å². The lowest BCUT2D eigenvalue weighted by atomic mass is 10.3. The second-order valence-electron chi connectivity index (χ2n) is 5.85. The molecule has 2 aromatic heterocycles. The fourth-order valence-electron chi connectivity index (χ4n) is 2.67. The number of ether oxygens (including phenoxy) is 1. The number of hydrogen-bond acceptors (Lipinski definition) is 5.